The second-order valence-electron chi connectivity index (χ2n) is 5.49. The monoisotopic (exact) mass is 309 g/mol. The van der Waals surface area contributed by atoms with Crippen molar-refractivity contribution in [2.24, 2.45) is 0 Å². The molecule has 1 heterocycles. The standard InChI is InChI=1S/C14H19N3O3S/c1-14(2,18)10-17(9-12-6-4-3-5-7-12)21(19,20)13-8-15-11-16-13/h3-8,11,18H,9-10H2,1-2H3,(H,15,16). The van der Waals surface area contributed by atoms with Crippen LogP contribution in [0.1, 0.15) is 19.4 Å². The molecule has 0 aliphatic heterocycles. The van der Waals surface area contributed by atoms with Crippen molar-refractivity contribution >= 4 is 10.0 Å². The van der Waals surface area contributed by atoms with Crippen LogP contribution in [0.2, 0.25) is 0 Å². The summed E-state index contributed by atoms with van der Waals surface area (Å²) in [5, 5.41) is 10.0. The topological polar surface area (TPSA) is 86.3 Å². The quantitative estimate of drug-likeness (QED) is 0.844. The molecule has 0 saturated carbocycles. The van der Waals surface area contributed by atoms with E-state index in [-0.39, 0.29) is 18.1 Å². The number of H-pyrrole nitrogens is 1. The van der Waals surface area contributed by atoms with Crippen LogP contribution in [0.15, 0.2) is 47.9 Å². The molecule has 114 valence electrons. The molecule has 0 fully saturated rings. The fourth-order valence-corrected chi connectivity index (χ4v) is 3.45. The number of rotatable bonds is 6. The minimum absolute atomic E-state index is 0.0107. The number of imidazole rings is 1. The minimum Gasteiger partial charge on any atom is -0.389 e. The number of hydrogen-bond donors (Lipinski definition) is 2. The Labute approximate surface area is 124 Å². The molecule has 21 heavy (non-hydrogen) atoms. The van der Waals surface area contributed by atoms with Gasteiger partial charge in [-0.2, -0.15) is 4.31 Å². The third-order valence-corrected chi connectivity index (χ3v) is 4.57. The van der Waals surface area contributed by atoms with Crippen LogP contribution in [0, 0.1) is 0 Å². The van der Waals surface area contributed by atoms with E-state index in [1.807, 2.05) is 30.3 Å². The van der Waals surface area contributed by atoms with Gasteiger partial charge in [0.25, 0.3) is 10.0 Å². The Kier molecular flexibility index (Phi) is 4.46. The average Bonchev–Trinajstić information content (AvgIpc) is 2.92. The van der Waals surface area contributed by atoms with Crippen molar-refractivity contribution in [2.45, 2.75) is 31.0 Å². The number of sulfonamides is 1. The van der Waals surface area contributed by atoms with Crippen molar-refractivity contribution in [3.05, 3.63) is 48.4 Å². The van der Waals surface area contributed by atoms with Gasteiger partial charge in [-0.3, -0.25) is 0 Å². The molecule has 0 amide bonds. The van der Waals surface area contributed by atoms with E-state index in [4.69, 9.17) is 0 Å². The van der Waals surface area contributed by atoms with Gasteiger partial charge in [0.1, 0.15) is 0 Å². The third-order valence-electron chi connectivity index (χ3n) is 2.86. The lowest BCUT2D eigenvalue weighted by atomic mass is 10.1. The maximum atomic E-state index is 12.6. The molecule has 0 unspecified atom stereocenters. The Morgan fingerprint density at radius 3 is 2.48 bits per heavy atom. The molecular weight excluding hydrogens is 290 g/mol. The van der Waals surface area contributed by atoms with E-state index in [0.717, 1.165) is 5.56 Å². The summed E-state index contributed by atoms with van der Waals surface area (Å²) in [7, 11) is -3.73. The molecule has 2 aromatic rings. The maximum absolute atomic E-state index is 12.6. The van der Waals surface area contributed by atoms with Crippen molar-refractivity contribution < 1.29 is 13.5 Å². The van der Waals surface area contributed by atoms with E-state index in [9.17, 15) is 13.5 Å². The summed E-state index contributed by atoms with van der Waals surface area (Å²) in [5.74, 6) is 0. The molecule has 6 nitrogen and oxygen atoms in total. The van der Waals surface area contributed by atoms with Gasteiger partial charge in [-0.1, -0.05) is 30.3 Å². The molecule has 0 spiro atoms. The predicted octanol–water partition coefficient (Wildman–Crippen LogP) is 1.37. The van der Waals surface area contributed by atoms with Gasteiger partial charge >= 0.3 is 0 Å². The molecule has 0 aliphatic carbocycles. The highest BCUT2D eigenvalue weighted by atomic mass is 32.2. The highest BCUT2D eigenvalue weighted by Crippen LogP contribution is 2.19. The normalized spacial score (nSPS) is 12.8. The maximum Gasteiger partial charge on any atom is 0.260 e. The van der Waals surface area contributed by atoms with Crippen LogP contribution >= 0.6 is 0 Å². The minimum atomic E-state index is -3.73. The van der Waals surface area contributed by atoms with E-state index in [2.05, 4.69) is 9.97 Å². The largest absolute Gasteiger partial charge is 0.389 e. The van der Waals surface area contributed by atoms with Gasteiger partial charge in [-0.05, 0) is 19.4 Å². The van der Waals surface area contributed by atoms with E-state index in [1.54, 1.807) is 13.8 Å². The second-order valence-corrected chi connectivity index (χ2v) is 7.39. The van der Waals surface area contributed by atoms with E-state index in [1.165, 1.54) is 16.8 Å². The van der Waals surface area contributed by atoms with Crippen molar-refractivity contribution in [3.8, 4) is 0 Å². The first kappa shape index (κ1) is 15.7. The molecule has 1 aromatic heterocycles. The Balaban J connectivity index is 2.33. The lowest BCUT2D eigenvalue weighted by Crippen LogP contribution is -2.41. The highest BCUT2D eigenvalue weighted by molar-refractivity contribution is 7.89. The zero-order chi connectivity index (χ0) is 15.5. The van der Waals surface area contributed by atoms with Crippen LogP contribution in [0.4, 0.5) is 0 Å². The zero-order valence-corrected chi connectivity index (χ0v) is 12.8. The Hall–Kier alpha value is -1.70. The molecule has 2 rings (SSSR count). The molecule has 0 atom stereocenters. The number of nitrogens with zero attached hydrogens (tertiary/aromatic N) is 2. The van der Waals surface area contributed by atoms with Gasteiger partial charge in [0.15, 0.2) is 5.03 Å². The predicted molar refractivity (Wildman–Crippen MR) is 78.9 cm³/mol. The van der Waals surface area contributed by atoms with Crippen molar-refractivity contribution in [3.63, 3.8) is 0 Å². The Morgan fingerprint density at radius 2 is 1.95 bits per heavy atom. The molecule has 1 aromatic carbocycles. The SMILES string of the molecule is CC(C)(O)CN(Cc1ccccc1)S(=O)(=O)c1cnc[nH]1. The Morgan fingerprint density at radius 1 is 1.29 bits per heavy atom. The first-order chi connectivity index (χ1) is 9.79. The lowest BCUT2D eigenvalue weighted by Gasteiger charge is -2.28. The van der Waals surface area contributed by atoms with Gasteiger partial charge in [-0.15, -0.1) is 0 Å². The van der Waals surface area contributed by atoms with Crippen LogP contribution in [0.5, 0.6) is 0 Å². The Bertz CT molecular complexity index is 661. The van der Waals surface area contributed by atoms with Gasteiger partial charge in [0.05, 0.1) is 18.1 Å². The van der Waals surface area contributed by atoms with Gasteiger partial charge in [0.2, 0.25) is 0 Å². The molecule has 0 aliphatic rings. The van der Waals surface area contributed by atoms with Gasteiger partial charge in [0, 0.05) is 13.1 Å². The summed E-state index contributed by atoms with van der Waals surface area (Å²) in [6.45, 7) is 3.33. The van der Waals surface area contributed by atoms with Gasteiger partial charge in [-0.25, -0.2) is 13.4 Å². The van der Waals surface area contributed by atoms with E-state index in [0.29, 0.717) is 0 Å². The van der Waals surface area contributed by atoms with Crippen molar-refractivity contribution in [1.82, 2.24) is 14.3 Å². The molecule has 0 radical (unpaired) electrons. The van der Waals surface area contributed by atoms with Crippen LogP contribution < -0.4 is 0 Å². The molecule has 0 bridgehead atoms. The summed E-state index contributed by atoms with van der Waals surface area (Å²) >= 11 is 0. The number of nitrogens with one attached hydrogen (secondary N) is 1. The molecule has 7 heteroatoms. The number of aliphatic hydroxyl groups is 1. The molecule has 0 saturated heterocycles. The second kappa shape index (κ2) is 5.97. The highest BCUT2D eigenvalue weighted by Gasteiger charge is 2.30. The number of benzene rings is 1. The summed E-state index contributed by atoms with van der Waals surface area (Å²) in [6.07, 6.45) is 2.58. The third kappa shape index (κ3) is 4.13. The fourth-order valence-electron chi connectivity index (χ4n) is 1.97. The van der Waals surface area contributed by atoms with Crippen LogP contribution in [-0.4, -0.2) is 39.9 Å². The average molecular weight is 309 g/mol. The van der Waals surface area contributed by atoms with Crippen LogP contribution in [0.3, 0.4) is 0 Å². The van der Waals surface area contributed by atoms with Crippen molar-refractivity contribution in [1.29, 1.82) is 0 Å². The first-order valence-corrected chi connectivity index (χ1v) is 7.98. The van der Waals surface area contributed by atoms with E-state index >= 15 is 0 Å². The number of hydrogen-bond acceptors (Lipinski definition) is 4. The summed E-state index contributed by atoms with van der Waals surface area (Å²) < 4.78 is 26.5. The fraction of sp³-hybridized carbons (Fsp3) is 0.357. The number of aromatic nitrogens is 2. The van der Waals surface area contributed by atoms with Crippen molar-refractivity contribution in [2.75, 3.05) is 6.54 Å². The van der Waals surface area contributed by atoms with Crippen LogP contribution in [0.25, 0.3) is 0 Å². The summed E-state index contributed by atoms with van der Waals surface area (Å²) in [5.41, 5.74) is -0.285. The smallest absolute Gasteiger partial charge is 0.260 e. The van der Waals surface area contributed by atoms with E-state index < -0.39 is 15.6 Å². The van der Waals surface area contributed by atoms with Crippen LogP contribution in [-0.2, 0) is 16.6 Å². The first-order valence-electron chi connectivity index (χ1n) is 6.54. The number of aromatic amines is 1. The lowest BCUT2D eigenvalue weighted by molar-refractivity contribution is 0.0576. The summed E-state index contributed by atoms with van der Waals surface area (Å²) in [4.78, 5) is 6.36. The molecular formula is C14H19N3O3S. The van der Waals surface area contributed by atoms with Gasteiger partial charge < -0.3 is 10.1 Å². The zero-order valence-electron chi connectivity index (χ0n) is 12.0. The summed E-state index contributed by atoms with van der Waals surface area (Å²) in [6, 6.07) is 9.26. The molecule has 2 N–H and O–H groups in total.